The van der Waals surface area contributed by atoms with Crippen molar-refractivity contribution in [2.45, 2.75) is 19.8 Å². The largest absolute Gasteiger partial charge is 0.368 e. The third-order valence-electron chi connectivity index (χ3n) is 3.45. The molecular weight excluding hydrogens is 266 g/mol. The van der Waals surface area contributed by atoms with Crippen molar-refractivity contribution in [3.63, 3.8) is 0 Å². The zero-order chi connectivity index (χ0) is 14.8. The molecular formula is C15H15N5O. The summed E-state index contributed by atoms with van der Waals surface area (Å²) in [6.07, 6.45) is 4.56. The van der Waals surface area contributed by atoms with E-state index in [0.717, 1.165) is 28.0 Å². The lowest BCUT2D eigenvalue weighted by Crippen LogP contribution is -2.25. The average molecular weight is 281 g/mol. The Balaban J connectivity index is 1.93. The number of hydrogen-bond donors (Lipinski definition) is 2. The number of rotatable bonds is 2. The van der Waals surface area contributed by atoms with Crippen molar-refractivity contribution in [1.29, 1.82) is 0 Å². The van der Waals surface area contributed by atoms with E-state index in [1.165, 1.54) is 0 Å². The van der Waals surface area contributed by atoms with E-state index in [9.17, 15) is 4.79 Å². The first-order valence-corrected chi connectivity index (χ1v) is 6.68. The van der Waals surface area contributed by atoms with E-state index >= 15 is 0 Å². The van der Waals surface area contributed by atoms with Gasteiger partial charge in [0.15, 0.2) is 0 Å². The molecule has 0 saturated heterocycles. The van der Waals surface area contributed by atoms with Gasteiger partial charge in [0, 0.05) is 30.8 Å². The molecule has 1 aromatic carbocycles. The van der Waals surface area contributed by atoms with Crippen LogP contribution in [0.1, 0.15) is 24.0 Å². The highest BCUT2D eigenvalue weighted by Gasteiger charge is 2.14. The molecule has 3 rings (SSSR count). The number of aromatic nitrogens is 2. The third-order valence-corrected chi connectivity index (χ3v) is 3.45. The Labute approximate surface area is 122 Å². The predicted molar refractivity (Wildman–Crippen MR) is 80.5 cm³/mol. The van der Waals surface area contributed by atoms with Crippen molar-refractivity contribution in [1.82, 2.24) is 15.4 Å². The lowest BCUT2D eigenvalue weighted by Gasteiger charge is -2.14. The van der Waals surface area contributed by atoms with Gasteiger partial charge in [-0.05, 0) is 29.7 Å². The normalized spacial score (nSPS) is 14.5. The highest BCUT2D eigenvalue weighted by Crippen LogP contribution is 2.24. The van der Waals surface area contributed by atoms with Crippen LogP contribution in [-0.4, -0.2) is 21.6 Å². The summed E-state index contributed by atoms with van der Waals surface area (Å²) in [4.78, 5) is 19.2. The number of carbonyl (C=O) groups is 1. The highest BCUT2D eigenvalue weighted by atomic mass is 16.2. The van der Waals surface area contributed by atoms with Crippen LogP contribution in [0, 0.1) is 6.92 Å². The molecule has 1 amide bonds. The number of anilines is 1. The number of hydrazone groups is 1. The summed E-state index contributed by atoms with van der Waals surface area (Å²) in [5, 5.41) is 4.11. The molecule has 6 heteroatoms. The zero-order valence-electron chi connectivity index (χ0n) is 11.6. The Morgan fingerprint density at radius 2 is 1.90 bits per heavy atom. The molecule has 0 unspecified atom stereocenters. The van der Waals surface area contributed by atoms with Crippen LogP contribution in [0.15, 0.2) is 35.7 Å². The summed E-state index contributed by atoms with van der Waals surface area (Å²) >= 11 is 0. The second-order valence-corrected chi connectivity index (χ2v) is 4.95. The molecule has 1 aliphatic heterocycles. The Morgan fingerprint density at radius 3 is 2.52 bits per heavy atom. The molecule has 1 aromatic heterocycles. The van der Waals surface area contributed by atoms with Gasteiger partial charge in [-0.15, -0.1) is 0 Å². The van der Waals surface area contributed by atoms with Gasteiger partial charge in [-0.25, -0.2) is 15.4 Å². The fraction of sp³-hybridized carbons (Fsp3) is 0.200. The van der Waals surface area contributed by atoms with E-state index in [1.54, 1.807) is 12.4 Å². The molecule has 0 saturated carbocycles. The molecule has 106 valence electrons. The van der Waals surface area contributed by atoms with E-state index in [2.05, 4.69) is 26.6 Å². The second kappa shape index (κ2) is 5.32. The van der Waals surface area contributed by atoms with Crippen LogP contribution in [-0.2, 0) is 4.79 Å². The molecule has 0 atom stereocenters. The first-order chi connectivity index (χ1) is 10.1. The summed E-state index contributed by atoms with van der Waals surface area (Å²) in [7, 11) is 0. The third kappa shape index (κ3) is 2.74. The molecule has 1 aliphatic rings. The molecule has 3 N–H and O–H groups in total. The molecule has 21 heavy (non-hydrogen) atoms. The Bertz CT molecular complexity index is 721. The van der Waals surface area contributed by atoms with Crippen molar-refractivity contribution < 1.29 is 4.79 Å². The number of carbonyl (C=O) groups excluding carboxylic acids is 1. The number of amides is 1. The van der Waals surface area contributed by atoms with E-state index < -0.39 is 0 Å². The van der Waals surface area contributed by atoms with Crippen LogP contribution >= 0.6 is 0 Å². The van der Waals surface area contributed by atoms with Crippen LogP contribution in [0.25, 0.3) is 11.1 Å². The van der Waals surface area contributed by atoms with Crippen LogP contribution in [0.5, 0.6) is 0 Å². The predicted octanol–water partition coefficient (Wildman–Crippen LogP) is 1.65. The summed E-state index contributed by atoms with van der Waals surface area (Å²) < 4.78 is 0. The molecule has 6 nitrogen and oxygen atoms in total. The number of nitrogen functional groups attached to an aromatic ring is 1. The van der Waals surface area contributed by atoms with E-state index in [-0.39, 0.29) is 11.9 Å². The fourth-order valence-electron chi connectivity index (χ4n) is 2.33. The Morgan fingerprint density at radius 1 is 1.14 bits per heavy atom. The molecule has 0 radical (unpaired) electrons. The minimum absolute atomic E-state index is 0.0360. The minimum Gasteiger partial charge on any atom is -0.368 e. The number of nitrogens with one attached hydrogen (secondary N) is 1. The topological polar surface area (TPSA) is 93.3 Å². The lowest BCUT2D eigenvalue weighted by atomic mass is 9.97. The maximum atomic E-state index is 11.1. The van der Waals surface area contributed by atoms with Gasteiger partial charge in [-0.2, -0.15) is 5.10 Å². The van der Waals surface area contributed by atoms with Gasteiger partial charge in [0.2, 0.25) is 11.9 Å². The second-order valence-electron chi connectivity index (χ2n) is 4.95. The maximum Gasteiger partial charge on any atom is 0.240 e. The molecule has 0 spiro atoms. The summed E-state index contributed by atoms with van der Waals surface area (Å²) in [5.41, 5.74) is 13.0. The Kier molecular flexibility index (Phi) is 3.35. The van der Waals surface area contributed by atoms with Gasteiger partial charge in [0.05, 0.1) is 5.71 Å². The van der Waals surface area contributed by atoms with Crippen LogP contribution in [0.4, 0.5) is 5.95 Å². The Hall–Kier alpha value is -2.76. The van der Waals surface area contributed by atoms with Crippen LogP contribution in [0.2, 0.25) is 0 Å². The van der Waals surface area contributed by atoms with E-state index in [4.69, 9.17) is 5.73 Å². The van der Waals surface area contributed by atoms with Gasteiger partial charge in [0.25, 0.3) is 0 Å². The van der Waals surface area contributed by atoms with Crippen molar-refractivity contribution in [3.8, 4) is 11.1 Å². The fourth-order valence-corrected chi connectivity index (χ4v) is 2.33. The highest BCUT2D eigenvalue weighted by molar-refractivity contribution is 6.04. The minimum atomic E-state index is -0.0360. The molecule has 2 heterocycles. The SMILES string of the molecule is Cc1cc(C2=NNC(=O)CC2)ccc1-c1cnc(N)nc1. The van der Waals surface area contributed by atoms with Crippen LogP contribution < -0.4 is 11.2 Å². The smallest absolute Gasteiger partial charge is 0.240 e. The molecule has 0 aliphatic carbocycles. The van der Waals surface area contributed by atoms with Crippen LogP contribution in [0.3, 0.4) is 0 Å². The first kappa shape index (κ1) is 13.2. The van der Waals surface area contributed by atoms with Gasteiger partial charge in [0.1, 0.15) is 0 Å². The van der Waals surface area contributed by atoms with Crippen molar-refractivity contribution in [3.05, 3.63) is 41.7 Å². The maximum absolute atomic E-state index is 11.1. The quantitative estimate of drug-likeness (QED) is 0.875. The number of nitrogens with zero attached hydrogens (tertiary/aromatic N) is 3. The molecule has 0 bridgehead atoms. The lowest BCUT2D eigenvalue weighted by molar-refractivity contribution is -0.121. The summed E-state index contributed by atoms with van der Waals surface area (Å²) in [6, 6.07) is 6.06. The van der Waals surface area contributed by atoms with Gasteiger partial charge in [-0.3, -0.25) is 4.79 Å². The zero-order valence-corrected chi connectivity index (χ0v) is 11.6. The number of benzene rings is 1. The summed E-state index contributed by atoms with van der Waals surface area (Å²) in [5.74, 6) is 0.228. The molecule has 2 aromatic rings. The molecule has 0 fully saturated rings. The average Bonchev–Trinajstić information content (AvgIpc) is 2.49. The standard InChI is InChI=1S/C15H15N5O/c1-9-6-10(13-4-5-14(21)20-19-13)2-3-12(9)11-7-17-15(16)18-8-11/h2-3,6-8H,4-5H2,1H3,(H,20,21)(H2,16,17,18). The number of nitrogens with two attached hydrogens (primary N) is 1. The first-order valence-electron chi connectivity index (χ1n) is 6.68. The van der Waals surface area contributed by atoms with Crippen molar-refractivity contribution in [2.24, 2.45) is 5.10 Å². The monoisotopic (exact) mass is 281 g/mol. The van der Waals surface area contributed by atoms with E-state index in [1.807, 2.05) is 19.1 Å². The summed E-state index contributed by atoms with van der Waals surface area (Å²) in [6.45, 7) is 2.02. The van der Waals surface area contributed by atoms with E-state index in [0.29, 0.717) is 12.8 Å². The van der Waals surface area contributed by atoms with Gasteiger partial charge >= 0.3 is 0 Å². The number of aryl methyl sites for hydroxylation is 1. The number of hydrogen-bond acceptors (Lipinski definition) is 5. The van der Waals surface area contributed by atoms with Crippen molar-refractivity contribution in [2.75, 3.05) is 5.73 Å². The van der Waals surface area contributed by atoms with Crippen molar-refractivity contribution >= 4 is 17.6 Å². The van der Waals surface area contributed by atoms with Gasteiger partial charge < -0.3 is 5.73 Å². The van der Waals surface area contributed by atoms with Gasteiger partial charge in [-0.1, -0.05) is 12.1 Å².